The predicted octanol–water partition coefficient (Wildman–Crippen LogP) is -0.915. The Bertz CT molecular complexity index is 386. The Kier molecular flexibility index (Phi) is 5.84. The highest BCUT2D eigenvalue weighted by molar-refractivity contribution is 5.89. The fourth-order valence-corrected chi connectivity index (χ4v) is 0.774. The molecular formula is C9H9F3N2O4. The number of nitrogens with two attached hydrogens (primary N) is 1. The van der Waals surface area contributed by atoms with Crippen molar-refractivity contribution in [1.29, 1.82) is 0 Å². The van der Waals surface area contributed by atoms with E-state index in [1.165, 1.54) is 0 Å². The van der Waals surface area contributed by atoms with Crippen molar-refractivity contribution >= 4 is 17.8 Å². The molecule has 6 nitrogen and oxygen atoms in total. The zero-order valence-corrected chi connectivity index (χ0v) is 8.91. The second-order valence-electron chi connectivity index (χ2n) is 2.95. The van der Waals surface area contributed by atoms with E-state index in [1.54, 1.807) is 0 Å². The molecule has 0 radical (unpaired) electrons. The van der Waals surface area contributed by atoms with Gasteiger partial charge in [0.05, 0.1) is 13.0 Å². The van der Waals surface area contributed by atoms with Gasteiger partial charge in [-0.3, -0.25) is 9.59 Å². The number of carbonyl (C=O) groups is 3. The van der Waals surface area contributed by atoms with Crippen LogP contribution in [0.2, 0.25) is 0 Å². The molecule has 18 heavy (non-hydrogen) atoms. The number of amides is 1. The van der Waals surface area contributed by atoms with Crippen LogP contribution in [-0.2, 0) is 19.1 Å². The summed E-state index contributed by atoms with van der Waals surface area (Å²) in [5.41, 5.74) is 4.94. The fourth-order valence-electron chi connectivity index (χ4n) is 0.774. The lowest BCUT2D eigenvalue weighted by molar-refractivity contribution is -0.201. The molecule has 0 saturated heterocycles. The second-order valence-corrected chi connectivity index (χ2v) is 2.95. The molecule has 1 unspecified atom stereocenters. The smallest absolute Gasteiger partial charge is 0.386 e. The second kappa shape index (κ2) is 6.61. The van der Waals surface area contributed by atoms with E-state index in [0.717, 1.165) is 0 Å². The summed E-state index contributed by atoms with van der Waals surface area (Å²) in [6, 6.07) is -1.20. The maximum Gasteiger partial charge on any atom is 0.491 e. The van der Waals surface area contributed by atoms with Gasteiger partial charge in [-0.15, -0.1) is 6.42 Å². The Morgan fingerprint density at radius 1 is 1.39 bits per heavy atom. The monoisotopic (exact) mass is 266 g/mol. The van der Waals surface area contributed by atoms with E-state index in [9.17, 15) is 27.6 Å². The third kappa shape index (κ3) is 5.86. The number of halogens is 3. The van der Waals surface area contributed by atoms with Gasteiger partial charge in [0.25, 0.3) is 0 Å². The minimum Gasteiger partial charge on any atom is -0.386 e. The summed E-state index contributed by atoms with van der Waals surface area (Å²) in [5, 5.41) is 2.07. The summed E-state index contributed by atoms with van der Waals surface area (Å²) < 4.78 is 38.7. The number of nitrogens with one attached hydrogen (secondary N) is 1. The van der Waals surface area contributed by atoms with E-state index in [2.05, 4.69) is 10.1 Å². The van der Waals surface area contributed by atoms with Crippen LogP contribution in [0.1, 0.15) is 6.42 Å². The SMILES string of the molecule is C#CC(CC(=O)OC(=O)C(F)(F)F)NC(=O)CN. The Morgan fingerprint density at radius 3 is 2.33 bits per heavy atom. The zero-order chi connectivity index (χ0) is 14.3. The molecular weight excluding hydrogens is 257 g/mol. The summed E-state index contributed by atoms with van der Waals surface area (Å²) in [7, 11) is 0. The van der Waals surface area contributed by atoms with Crippen molar-refractivity contribution in [2.24, 2.45) is 5.73 Å². The van der Waals surface area contributed by atoms with Crippen LogP contribution in [0.25, 0.3) is 0 Å². The zero-order valence-electron chi connectivity index (χ0n) is 8.91. The molecule has 0 aromatic rings. The van der Waals surface area contributed by atoms with Crippen molar-refractivity contribution in [2.45, 2.75) is 18.6 Å². The van der Waals surface area contributed by atoms with Crippen LogP contribution in [0.4, 0.5) is 13.2 Å². The summed E-state index contributed by atoms with van der Waals surface area (Å²) in [6.07, 6.45) is -1.13. The van der Waals surface area contributed by atoms with Crippen LogP contribution < -0.4 is 11.1 Å². The fraction of sp³-hybridized carbons (Fsp3) is 0.444. The lowest BCUT2D eigenvalue weighted by atomic mass is 10.2. The molecule has 3 N–H and O–H groups in total. The Hall–Kier alpha value is -2.08. The molecule has 0 rings (SSSR count). The molecule has 0 aliphatic carbocycles. The normalized spacial score (nSPS) is 12.2. The molecule has 0 aromatic carbocycles. The molecule has 1 atom stereocenters. The van der Waals surface area contributed by atoms with Crippen molar-refractivity contribution in [3.8, 4) is 12.3 Å². The number of terminal acetylenes is 1. The number of alkyl halides is 3. The standard InChI is InChI=1S/C9H9F3N2O4/c1-2-5(14-6(15)4-13)3-7(16)18-8(17)9(10,11)12/h1,5H,3-4,13H2,(H,14,15). The van der Waals surface area contributed by atoms with Crippen LogP contribution in [0.3, 0.4) is 0 Å². The molecule has 1 amide bonds. The number of esters is 2. The van der Waals surface area contributed by atoms with Gasteiger partial charge in [-0.1, -0.05) is 5.92 Å². The van der Waals surface area contributed by atoms with Crippen LogP contribution in [0.15, 0.2) is 0 Å². The summed E-state index contributed by atoms with van der Waals surface area (Å²) >= 11 is 0. The van der Waals surface area contributed by atoms with Crippen LogP contribution in [0, 0.1) is 12.3 Å². The Morgan fingerprint density at radius 2 is 1.94 bits per heavy atom. The van der Waals surface area contributed by atoms with Crippen molar-refractivity contribution in [2.75, 3.05) is 6.54 Å². The molecule has 0 bridgehead atoms. The highest BCUT2D eigenvalue weighted by Crippen LogP contribution is 2.16. The highest BCUT2D eigenvalue weighted by atomic mass is 19.4. The van der Waals surface area contributed by atoms with Crippen LogP contribution >= 0.6 is 0 Å². The largest absolute Gasteiger partial charge is 0.491 e. The van der Waals surface area contributed by atoms with Crippen molar-refractivity contribution < 1.29 is 32.3 Å². The van der Waals surface area contributed by atoms with Gasteiger partial charge in [-0.2, -0.15) is 13.2 Å². The molecule has 0 heterocycles. The van der Waals surface area contributed by atoms with Crippen molar-refractivity contribution in [1.82, 2.24) is 5.32 Å². The number of ether oxygens (including phenoxy) is 1. The first kappa shape index (κ1) is 15.9. The van der Waals surface area contributed by atoms with Crippen molar-refractivity contribution in [3.05, 3.63) is 0 Å². The summed E-state index contributed by atoms with van der Waals surface area (Å²) in [6.45, 7) is -0.408. The van der Waals surface area contributed by atoms with Crippen molar-refractivity contribution in [3.63, 3.8) is 0 Å². The lowest BCUT2D eigenvalue weighted by Crippen LogP contribution is -2.40. The summed E-state index contributed by atoms with van der Waals surface area (Å²) in [4.78, 5) is 32.0. The summed E-state index contributed by atoms with van der Waals surface area (Å²) in [5.74, 6) is -2.92. The molecule has 100 valence electrons. The van der Waals surface area contributed by atoms with Gasteiger partial charge in [0, 0.05) is 0 Å². The van der Waals surface area contributed by atoms with E-state index in [4.69, 9.17) is 12.2 Å². The van der Waals surface area contributed by atoms with Crippen LogP contribution in [0.5, 0.6) is 0 Å². The maximum atomic E-state index is 11.7. The van der Waals surface area contributed by atoms with E-state index in [-0.39, 0.29) is 0 Å². The first-order valence-electron chi connectivity index (χ1n) is 4.48. The minimum absolute atomic E-state index is 0.408. The maximum absolute atomic E-state index is 11.7. The number of carbonyl (C=O) groups excluding carboxylic acids is 3. The first-order chi connectivity index (χ1) is 8.20. The predicted molar refractivity (Wildman–Crippen MR) is 51.6 cm³/mol. The first-order valence-corrected chi connectivity index (χ1v) is 4.48. The molecule has 9 heteroatoms. The van der Waals surface area contributed by atoms with Crippen LogP contribution in [-0.4, -0.2) is 36.6 Å². The minimum atomic E-state index is -5.28. The topological polar surface area (TPSA) is 98.5 Å². The molecule has 0 spiro atoms. The number of hydrogen-bond acceptors (Lipinski definition) is 5. The third-order valence-electron chi connectivity index (χ3n) is 1.53. The van der Waals surface area contributed by atoms with Gasteiger partial charge < -0.3 is 15.8 Å². The Labute approximate surface area is 99.6 Å². The van der Waals surface area contributed by atoms with Gasteiger partial charge in [0.1, 0.15) is 6.04 Å². The van der Waals surface area contributed by atoms with E-state index in [0.29, 0.717) is 0 Å². The third-order valence-corrected chi connectivity index (χ3v) is 1.53. The van der Waals surface area contributed by atoms with E-state index in [1.807, 2.05) is 5.92 Å². The van der Waals surface area contributed by atoms with Gasteiger partial charge in [-0.05, 0) is 0 Å². The molecule has 0 aliphatic rings. The van der Waals surface area contributed by atoms with Gasteiger partial charge in [-0.25, -0.2) is 4.79 Å². The quantitative estimate of drug-likeness (QED) is 0.390. The average molecular weight is 266 g/mol. The average Bonchev–Trinajstić information content (AvgIpc) is 2.26. The van der Waals surface area contributed by atoms with E-state index < -0.39 is 43.0 Å². The molecule has 0 aliphatic heterocycles. The lowest BCUT2D eigenvalue weighted by Gasteiger charge is -2.11. The number of hydrogen-bond donors (Lipinski definition) is 2. The van der Waals surface area contributed by atoms with Gasteiger partial charge in [0.2, 0.25) is 5.91 Å². The van der Waals surface area contributed by atoms with E-state index >= 15 is 0 Å². The molecule has 0 aromatic heterocycles. The molecule has 0 fully saturated rings. The molecule has 0 saturated carbocycles. The van der Waals surface area contributed by atoms with Gasteiger partial charge in [0.15, 0.2) is 0 Å². The highest BCUT2D eigenvalue weighted by Gasteiger charge is 2.42. The Balaban J connectivity index is 4.34. The van der Waals surface area contributed by atoms with Gasteiger partial charge >= 0.3 is 18.1 Å². The number of rotatable bonds is 4.